The largest absolute Gasteiger partial charge is 0.349 e. The molecule has 4 rings (SSSR count). The summed E-state index contributed by atoms with van der Waals surface area (Å²) in [5.74, 6) is -0.133. The van der Waals surface area contributed by atoms with Gasteiger partial charge >= 0.3 is 0 Å². The molecule has 0 aliphatic rings. The maximum atomic E-state index is 12.5. The van der Waals surface area contributed by atoms with E-state index in [4.69, 9.17) is 0 Å². The van der Waals surface area contributed by atoms with Crippen LogP contribution in [0.3, 0.4) is 0 Å². The van der Waals surface area contributed by atoms with Crippen LogP contribution in [0.4, 0.5) is 0 Å². The van der Waals surface area contributed by atoms with Crippen molar-refractivity contribution in [2.24, 2.45) is 0 Å². The highest BCUT2D eigenvalue weighted by atomic mass is 32.1. The lowest BCUT2D eigenvalue weighted by Gasteiger charge is -2.13. The van der Waals surface area contributed by atoms with Gasteiger partial charge in [-0.25, -0.2) is 9.97 Å². The van der Waals surface area contributed by atoms with E-state index in [-0.39, 0.29) is 11.9 Å². The second-order valence-electron chi connectivity index (χ2n) is 6.47. The number of aromatic nitrogens is 4. The van der Waals surface area contributed by atoms with Crippen LogP contribution >= 0.6 is 11.3 Å². The molecule has 1 amide bonds. The summed E-state index contributed by atoms with van der Waals surface area (Å²) < 4.78 is 1.93. The van der Waals surface area contributed by atoms with Crippen LogP contribution in [0, 0.1) is 0 Å². The molecule has 4 heterocycles. The first-order valence-corrected chi connectivity index (χ1v) is 9.66. The normalized spacial score (nSPS) is 12.2. The van der Waals surface area contributed by atoms with Crippen molar-refractivity contribution in [3.8, 4) is 0 Å². The molecule has 0 saturated heterocycles. The van der Waals surface area contributed by atoms with E-state index in [1.807, 2.05) is 35.1 Å². The molecule has 0 bridgehead atoms. The maximum Gasteiger partial charge on any atom is 0.253 e. The van der Waals surface area contributed by atoms with Gasteiger partial charge in [0.05, 0.1) is 24.1 Å². The molecule has 0 aliphatic carbocycles. The summed E-state index contributed by atoms with van der Waals surface area (Å²) in [4.78, 5) is 25.7. The van der Waals surface area contributed by atoms with E-state index in [2.05, 4.69) is 31.7 Å². The molecule has 1 unspecified atom stereocenters. The lowest BCUT2D eigenvalue weighted by atomic mass is 10.1. The molecule has 27 heavy (non-hydrogen) atoms. The molecule has 6 nitrogen and oxygen atoms in total. The van der Waals surface area contributed by atoms with Crippen LogP contribution in [0.25, 0.3) is 11.2 Å². The van der Waals surface area contributed by atoms with Gasteiger partial charge in [-0.05, 0) is 53.9 Å². The smallest absolute Gasteiger partial charge is 0.253 e. The van der Waals surface area contributed by atoms with Crippen molar-refractivity contribution >= 4 is 28.4 Å². The molecular weight excluding hydrogens is 358 g/mol. The van der Waals surface area contributed by atoms with Gasteiger partial charge in [0.25, 0.3) is 5.91 Å². The molecule has 1 atom stereocenters. The number of hydrogen-bond donors (Lipinski definition) is 1. The fraction of sp³-hybridized carbons (Fsp3) is 0.200. The van der Waals surface area contributed by atoms with Crippen LogP contribution in [-0.4, -0.2) is 31.5 Å². The third kappa shape index (κ3) is 4.03. The van der Waals surface area contributed by atoms with E-state index in [9.17, 15) is 4.79 Å². The fourth-order valence-electron chi connectivity index (χ4n) is 2.98. The molecule has 0 fully saturated rings. The van der Waals surface area contributed by atoms with Gasteiger partial charge < -0.3 is 9.88 Å². The van der Waals surface area contributed by atoms with E-state index in [0.717, 1.165) is 17.8 Å². The number of amides is 1. The van der Waals surface area contributed by atoms with E-state index >= 15 is 0 Å². The van der Waals surface area contributed by atoms with Gasteiger partial charge in [-0.15, -0.1) is 0 Å². The average Bonchev–Trinajstić information content (AvgIpc) is 3.32. The lowest BCUT2D eigenvalue weighted by molar-refractivity contribution is 0.0940. The Morgan fingerprint density at radius 3 is 2.96 bits per heavy atom. The first kappa shape index (κ1) is 17.4. The molecule has 0 spiro atoms. The minimum Gasteiger partial charge on any atom is -0.349 e. The molecule has 0 radical (unpaired) electrons. The third-order valence-electron chi connectivity index (χ3n) is 4.28. The van der Waals surface area contributed by atoms with Crippen LogP contribution in [-0.2, 0) is 13.0 Å². The van der Waals surface area contributed by atoms with E-state index < -0.39 is 0 Å². The number of carbonyl (C=O) groups is 1. The van der Waals surface area contributed by atoms with Crippen molar-refractivity contribution in [2.75, 3.05) is 0 Å². The second kappa shape index (κ2) is 7.67. The molecule has 136 valence electrons. The molecule has 0 saturated carbocycles. The predicted molar refractivity (Wildman–Crippen MR) is 106 cm³/mol. The van der Waals surface area contributed by atoms with Crippen molar-refractivity contribution in [3.63, 3.8) is 0 Å². The van der Waals surface area contributed by atoms with Gasteiger partial charge in [-0.2, -0.15) is 11.3 Å². The van der Waals surface area contributed by atoms with E-state index in [0.29, 0.717) is 17.6 Å². The number of nitrogens with one attached hydrogen (secondary N) is 1. The van der Waals surface area contributed by atoms with Crippen molar-refractivity contribution in [1.29, 1.82) is 0 Å². The van der Waals surface area contributed by atoms with Gasteiger partial charge in [0, 0.05) is 18.4 Å². The standard InChI is InChI=1S/C20H19N5OS/c1-14(8-15-5-7-27-12-15)24-20(26)16-9-18-19(22-10-16)25(13-23-18)11-17-4-2-3-6-21-17/h2-7,9-10,12-14H,8,11H2,1H3,(H,24,26). The molecule has 0 aromatic carbocycles. The zero-order valence-corrected chi connectivity index (χ0v) is 15.7. The highest BCUT2D eigenvalue weighted by Gasteiger charge is 2.13. The summed E-state index contributed by atoms with van der Waals surface area (Å²) in [6.07, 6.45) is 5.91. The number of carbonyl (C=O) groups excluding carboxylic acids is 1. The van der Waals surface area contributed by atoms with Crippen molar-refractivity contribution in [2.45, 2.75) is 25.9 Å². The number of rotatable bonds is 6. The highest BCUT2D eigenvalue weighted by molar-refractivity contribution is 7.07. The fourth-order valence-corrected chi connectivity index (χ4v) is 3.66. The molecule has 7 heteroatoms. The number of imidazole rings is 1. The SMILES string of the molecule is CC(Cc1ccsc1)NC(=O)c1cnc2c(c1)ncn2Cc1ccccn1. The first-order chi connectivity index (χ1) is 13.2. The Hall–Kier alpha value is -3.06. The first-order valence-electron chi connectivity index (χ1n) is 8.72. The summed E-state index contributed by atoms with van der Waals surface area (Å²) in [5.41, 5.74) is 4.12. The van der Waals surface area contributed by atoms with Gasteiger partial charge in [-0.3, -0.25) is 9.78 Å². The lowest BCUT2D eigenvalue weighted by Crippen LogP contribution is -2.34. The zero-order chi connectivity index (χ0) is 18.6. The van der Waals surface area contributed by atoms with Gasteiger partial charge in [0.1, 0.15) is 5.52 Å². The van der Waals surface area contributed by atoms with Gasteiger partial charge in [0.2, 0.25) is 0 Å². The van der Waals surface area contributed by atoms with Gasteiger partial charge in [-0.1, -0.05) is 6.07 Å². The van der Waals surface area contributed by atoms with Crippen molar-refractivity contribution < 1.29 is 4.79 Å². The molecule has 0 aliphatic heterocycles. The zero-order valence-electron chi connectivity index (χ0n) is 14.9. The Bertz CT molecular complexity index is 1040. The Morgan fingerprint density at radius 2 is 2.19 bits per heavy atom. The van der Waals surface area contributed by atoms with Crippen LogP contribution in [0.1, 0.15) is 28.5 Å². The highest BCUT2D eigenvalue weighted by Crippen LogP contribution is 2.14. The number of hydrogen-bond acceptors (Lipinski definition) is 5. The third-order valence-corrected chi connectivity index (χ3v) is 5.01. The number of pyridine rings is 2. The Balaban J connectivity index is 1.47. The molecular formula is C20H19N5OS. The summed E-state index contributed by atoms with van der Waals surface area (Å²) in [5, 5.41) is 7.17. The van der Waals surface area contributed by atoms with Gasteiger partial charge in [0.15, 0.2) is 5.65 Å². The molecule has 4 aromatic heterocycles. The number of nitrogens with zero attached hydrogens (tertiary/aromatic N) is 4. The summed E-state index contributed by atoms with van der Waals surface area (Å²) in [6, 6.07) is 9.71. The van der Waals surface area contributed by atoms with Crippen LogP contribution in [0.15, 0.2) is 59.8 Å². The van der Waals surface area contributed by atoms with Crippen molar-refractivity contribution in [1.82, 2.24) is 24.8 Å². The van der Waals surface area contributed by atoms with Crippen LogP contribution in [0.2, 0.25) is 0 Å². The number of fused-ring (bicyclic) bond motifs is 1. The summed E-state index contributed by atoms with van der Waals surface area (Å²) >= 11 is 1.66. The van der Waals surface area contributed by atoms with Crippen LogP contribution in [0.5, 0.6) is 0 Å². The predicted octanol–water partition coefficient (Wildman–Crippen LogP) is 3.30. The Morgan fingerprint density at radius 1 is 1.26 bits per heavy atom. The summed E-state index contributed by atoms with van der Waals surface area (Å²) in [7, 11) is 0. The quantitative estimate of drug-likeness (QED) is 0.560. The topological polar surface area (TPSA) is 72.7 Å². The number of thiophene rings is 1. The maximum absolute atomic E-state index is 12.5. The Labute approximate surface area is 160 Å². The second-order valence-corrected chi connectivity index (χ2v) is 7.25. The molecule has 1 N–H and O–H groups in total. The van der Waals surface area contributed by atoms with Crippen LogP contribution < -0.4 is 5.32 Å². The monoisotopic (exact) mass is 377 g/mol. The average molecular weight is 377 g/mol. The summed E-state index contributed by atoms with van der Waals surface area (Å²) in [6.45, 7) is 2.59. The minimum absolute atomic E-state index is 0.0458. The van der Waals surface area contributed by atoms with E-state index in [1.165, 1.54) is 5.56 Å². The Kier molecular flexibility index (Phi) is 4.93. The van der Waals surface area contributed by atoms with E-state index in [1.54, 1.807) is 36.1 Å². The minimum atomic E-state index is -0.133. The molecule has 4 aromatic rings. The van der Waals surface area contributed by atoms with Crippen molar-refractivity contribution in [3.05, 3.63) is 76.6 Å².